The van der Waals surface area contributed by atoms with Gasteiger partial charge in [-0.15, -0.1) is 0 Å². The zero-order valence-corrected chi connectivity index (χ0v) is 6.85. The molecule has 0 aliphatic rings. The monoisotopic (exact) mass is 169 g/mol. The fourth-order valence-electron chi connectivity index (χ4n) is 0.797. The van der Waals surface area contributed by atoms with Crippen LogP contribution in [0.15, 0.2) is 12.1 Å². The third-order valence-electron chi connectivity index (χ3n) is 1.51. The SMILES string of the molecule is Cc1cc(Cl)c(C=O)cc1N. The molecule has 1 aromatic rings. The largest absolute Gasteiger partial charge is 0.398 e. The van der Waals surface area contributed by atoms with Gasteiger partial charge in [-0.05, 0) is 24.6 Å². The third kappa shape index (κ3) is 1.52. The summed E-state index contributed by atoms with van der Waals surface area (Å²) in [7, 11) is 0. The molecule has 0 heterocycles. The molecule has 1 aromatic carbocycles. The number of hydrogen-bond donors (Lipinski definition) is 1. The minimum absolute atomic E-state index is 0.440. The molecule has 0 aromatic heterocycles. The first-order valence-corrected chi connectivity index (χ1v) is 3.53. The number of carbonyl (C=O) groups is 1. The maximum absolute atomic E-state index is 10.4. The number of halogens is 1. The molecule has 0 fully saturated rings. The lowest BCUT2D eigenvalue weighted by Crippen LogP contribution is -1.92. The second-order valence-corrected chi connectivity index (χ2v) is 2.76. The molecule has 58 valence electrons. The molecule has 2 nitrogen and oxygen atoms in total. The number of aryl methyl sites for hydroxylation is 1. The number of hydrogen-bond acceptors (Lipinski definition) is 2. The van der Waals surface area contributed by atoms with E-state index in [2.05, 4.69) is 0 Å². The maximum Gasteiger partial charge on any atom is 0.151 e. The van der Waals surface area contributed by atoms with Crippen molar-refractivity contribution in [1.82, 2.24) is 0 Å². The Morgan fingerprint density at radius 3 is 2.73 bits per heavy atom. The van der Waals surface area contributed by atoms with E-state index in [9.17, 15) is 4.79 Å². The number of benzene rings is 1. The Balaban J connectivity index is 3.31. The molecule has 0 atom stereocenters. The predicted octanol–water partition coefficient (Wildman–Crippen LogP) is 2.04. The molecule has 0 amide bonds. The van der Waals surface area contributed by atoms with Crippen LogP contribution < -0.4 is 5.73 Å². The van der Waals surface area contributed by atoms with Crippen LogP contribution in [0.3, 0.4) is 0 Å². The summed E-state index contributed by atoms with van der Waals surface area (Å²) in [6, 6.07) is 3.26. The predicted molar refractivity (Wildman–Crippen MR) is 46.0 cm³/mol. The Kier molecular flexibility index (Phi) is 2.15. The highest BCUT2D eigenvalue weighted by Crippen LogP contribution is 2.20. The topological polar surface area (TPSA) is 43.1 Å². The lowest BCUT2D eigenvalue weighted by Gasteiger charge is -2.01. The van der Waals surface area contributed by atoms with E-state index in [1.807, 2.05) is 6.92 Å². The highest BCUT2D eigenvalue weighted by molar-refractivity contribution is 6.33. The molecule has 0 bridgehead atoms. The van der Waals surface area contributed by atoms with Crippen LogP contribution in [0.25, 0.3) is 0 Å². The third-order valence-corrected chi connectivity index (χ3v) is 1.84. The van der Waals surface area contributed by atoms with Crippen LogP contribution in [0, 0.1) is 6.92 Å². The second-order valence-electron chi connectivity index (χ2n) is 2.35. The fraction of sp³-hybridized carbons (Fsp3) is 0.125. The van der Waals surface area contributed by atoms with Crippen LogP contribution >= 0.6 is 11.6 Å². The van der Waals surface area contributed by atoms with Gasteiger partial charge in [0.05, 0.1) is 5.02 Å². The molecule has 3 heteroatoms. The van der Waals surface area contributed by atoms with Gasteiger partial charge in [0.15, 0.2) is 6.29 Å². The van der Waals surface area contributed by atoms with Crippen LogP contribution in [0.5, 0.6) is 0 Å². The molecule has 0 aliphatic carbocycles. The normalized spacial score (nSPS) is 9.64. The van der Waals surface area contributed by atoms with E-state index in [0.29, 0.717) is 22.6 Å². The Labute approximate surface area is 70.0 Å². The minimum Gasteiger partial charge on any atom is -0.398 e. The number of nitrogens with two attached hydrogens (primary N) is 1. The summed E-state index contributed by atoms with van der Waals surface area (Å²) in [6.07, 6.45) is 0.693. The number of rotatable bonds is 1. The molecule has 0 radical (unpaired) electrons. The van der Waals surface area contributed by atoms with Gasteiger partial charge in [-0.3, -0.25) is 4.79 Å². The molecule has 11 heavy (non-hydrogen) atoms. The summed E-state index contributed by atoms with van der Waals surface area (Å²) in [4.78, 5) is 10.4. The Morgan fingerprint density at radius 2 is 2.18 bits per heavy atom. The Morgan fingerprint density at radius 1 is 1.55 bits per heavy atom. The molecule has 0 saturated carbocycles. The highest BCUT2D eigenvalue weighted by atomic mass is 35.5. The maximum atomic E-state index is 10.4. The molecule has 2 N–H and O–H groups in total. The highest BCUT2D eigenvalue weighted by Gasteiger charge is 2.01. The summed E-state index contributed by atoms with van der Waals surface area (Å²) in [5.74, 6) is 0. The number of carbonyl (C=O) groups excluding carboxylic acids is 1. The Hall–Kier alpha value is -1.02. The average molecular weight is 170 g/mol. The zero-order valence-electron chi connectivity index (χ0n) is 6.10. The molecule has 0 spiro atoms. The van der Waals surface area contributed by atoms with Crippen molar-refractivity contribution in [1.29, 1.82) is 0 Å². The van der Waals surface area contributed by atoms with Crippen molar-refractivity contribution in [2.75, 3.05) is 5.73 Å². The van der Waals surface area contributed by atoms with E-state index in [1.54, 1.807) is 12.1 Å². The quantitative estimate of drug-likeness (QED) is 0.517. The van der Waals surface area contributed by atoms with Crippen molar-refractivity contribution in [2.24, 2.45) is 0 Å². The van der Waals surface area contributed by atoms with Gasteiger partial charge in [0.2, 0.25) is 0 Å². The van der Waals surface area contributed by atoms with E-state index in [1.165, 1.54) is 0 Å². The van der Waals surface area contributed by atoms with E-state index in [4.69, 9.17) is 17.3 Å². The lowest BCUT2D eigenvalue weighted by atomic mass is 10.1. The Bertz CT molecular complexity index is 296. The van der Waals surface area contributed by atoms with Crippen LogP contribution in [0.2, 0.25) is 5.02 Å². The van der Waals surface area contributed by atoms with E-state index < -0.39 is 0 Å². The van der Waals surface area contributed by atoms with Crippen LogP contribution in [-0.2, 0) is 0 Å². The first-order chi connectivity index (χ1) is 5.15. The molecule has 1 rings (SSSR count). The van der Waals surface area contributed by atoms with Gasteiger partial charge in [-0.2, -0.15) is 0 Å². The van der Waals surface area contributed by atoms with Gasteiger partial charge in [-0.25, -0.2) is 0 Å². The molecule has 0 aliphatic heterocycles. The van der Waals surface area contributed by atoms with Gasteiger partial charge in [0, 0.05) is 11.3 Å². The van der Waals surface area contributed by atoms with Crippen molar-refractivity contribution in [3.8, 4) is 0 Å². The standard InChI is InChI=1S/C8H8ClNO/c1-5-2-7(9)6(4-11)3-8(5)10/h2-4H,10H2,1H3. The summed E-state index contributed by atoms with van der Waals surface area (Å²) in [6.45, 7) is 1.84. The molecular formula is C8H8ClNO. The smallest absolute Gasteiger partial charge is 0.151 e. The summed E-state index contributed by atoms with van der Waals surface area (Å²) >= 11 is 5.71. The van der Waals surface area contributed by atoms with E-state index >= 15 is 0 Å². The fourth-order valence-corrected chi connectivity index (χ4v) is 1.06. The van der Waals surface area contributed by atoms with Crippen molar-refractivity contribution in [3.63, 3.8) is 0 Å². The number of aldehydes is 1. The van der Waals surface area contributed by atoms with Gasteiger partial charge >= 0.3 is 0 Å². The number of nitrogen functional groups attached to an aromatic ring is 1. The average Bonchev–Trinajstić information content (AvgIpc) is 1.97. The van der Waals surface area contributed by atoms with E-state index in [0.717, 1.165) is 5.56 Å². The van der Waals surface area contributed by atoms with Crippen molar-refractivity contribution < 1.29 is 4.79 Å². The first kappa shape index (κ1) is 8.08. The minimum atomic E-state index is 0.440. The molecular weight excluding hydrogens is 162 g/mol. The van der Waals surface area contributed by atoms with Gasteiger partial charge in [0.25, 0.3) is 0 Å². The summed E-state index contributed by atoms with van der Waals surface area (Å²) in [5, 5.41) is 0.451. The van der Waals surface area contributed by atoms with Crippen LogP contribution in [0.4, 0.5) is 5.69 Å². The van der Waals surface area contributed by atoms with Crippen molar-refractivity contribution in [3.05, 3.63) is 28.3 Å². The van der Waals surface area contributed by atoms with Gasteiger partial charge < -0.3 is 5.73 Å². The summed E-state index contributed by atoms with van der Waals surface area (Å²) in [5.41, 5.74) is 7.47. The lowest BCUT2D eigenvalue weighted by molar-refractivity contribution is 0.112. The molecule has 0 unspecified atom stereocenters. The van der Waals surface area contributed by atoms with Gasteiger partial charge in [0.1, 0.15) is 0 Å². The van der Waals surface area contributed by atoms with Crippen LogP contribution in [-0.4, -0.2) is 6.29 Å². The summed E-state index contributed by atoms with van der Waals surface area (Å²) < 4.78 is 0. The second kappa shape index (κ2) is 2.93. The van der Waals surface area contributed by atoms with Crippen molar-refractivity contribution >= 4 is 23.6 Å². The number of anilines is 1. The van der Waals surface area contributed by atoms with Gasteiger partial charge in [-0.1, -0.05) is 11.6 Å². The zero-order chi connectivity index (χ0) is 8.43. The van der Waals surface area contributed by atoms with E-state index in [-0.39, 0.29) is 0 Å². The molecule has 0 saturated heterocycles. The van der Waals surface area contributed by atoms with Crippen LogP contribution in [0.1, 0.15) is 15.9 Å². The first-order valence-electron chi connectivity index (χ1n) is 3.16. The van der Waals surface area contributed by atoms with Crippen molar-refractivity contribution in [2.45, 2.75) is 6.92 Å².